The first kappa shape index (κ1) is 23.9. The maximum atomic E-state index is 5.79. The predicted molar refractivity (Wildman–Crippen MR) is 111 cm³/mol. The van der Waals surface area contributed by atoms with Gasteiger partial charge in [0, 0.05) is 6.61 Å². The normalized spacial score (nSPS) is 12.3. The molecule has 0 saturated carbocycles. The van der Waals surface area contributed by atoms with Gasteiger partial charge in [-0.15, -0.1) is 0 Å². The minimum Gasteiger partial charge on any atom is -0.465 e. The summed E-state index contributed by atoms with van der Waals surface area (Å²) in [5.41, 5.74) is 1.38. The van der Waals surface area contributed by atoms with E-state index in [9.17, 15) is 0 Å². The van der Waals surface area contributed by atoms with Crippen molar-refractivity contribution in [2.75, 3.05) is 33.0 Å². The number of benzene rings is 1. The van der Waals surface area contributed by atoms with Crippen molar-refractivity contribution in [1.29, 1.82) is 0 Å². The molecule has 0 bridgehead atoms. The first-order valence-electron chi connectivity index (χ1n) is 10.8. The molecule has 1 unspecified atom stereocenters. The summed E-state index contributed by atoms with van der Waals surface area (Å²) >= 11 is 0. The van der Waals surface area contributed by atoms with Crippen LogP contribution >= 0.6 is 0 Å². The second-order valence-corrected chi connectivity index (χ2v) is 6.88. The molecular weight excluding hydrogens is 340 g/mol. The van der Waals surface area contributed by atoms with Crippen LogP contribution in [0.2, 0.25) is 0 Å². The summed E-state index contributed by atoms with van der Waals surface area (Å²) in [5.74, 6) is 0.850. The zero-order chi connectivity index (χ0) is 19.6. The van der Waals surface area contributed by atoms with Gasteiger partial charge in [0.1, 0.15) is 5.75 Å². The second kappa shape index (κ2) is 17.0. The van der Waals surface area contributed by atoms with Crippen LogP contribution in [0.15, 0.2) is 24.3 Å². The van der Waals surface area contributed by atoms with Crippen LogP contribution in [0.5, 0.6) is 5.75 Å². The van der Waals surface area contributed by atoms with Crippen LogP contribution in [0.1, 0.15) is 71.3 Å². The molecule has 0 radical (unpaired) electrons. The van der Waals surface area contributed by atoms with Crippen molar-refractivity contribution in [3.8, 4) is 5.75 Å². The Kier molecular flexibility index (Phi) is 15.1. The maximum absolute atomic E-state index is 5.79. The molecular formula is C23H40O4. The van der Waals surface area contributed by atoms with Crippen molar-refractivity contribution in [1.82, 2.24) is 0 Å². The lowest BCUT2D eigenvalue weighted by Gasteiger charge is -2.16. The zero-order valence-corrected chi connectivity index (χ0v) is 17.7. The van der Waals surface area contributed by atoms with Crippen molar-refractivity contribution in [3.63, 3.8) is 0 Å². The van der Waals surface area contributed by atoms with Crippen LogP contribution < -0.4 is 4.74 Å². The van der Waals surface area contributed by atoms with E-state index in [2.05, 4.69) is 19.1 Å². The molecule has 4 heteroatoms. The molecule has 0 amide bonds. The number of hydrogen-bond acceptors (Lipinski definition) is 4. The first-order chi connectivity index (χ1) is 13.3. The van der Waals surface area contributed by atoms with Gasteiger partial charge >= 0.3 is 0 Å². The zero-order valence-electron chi connectivity index (χ0n) is 17.7. The van der Waals surface area contributed by atoms with E-state index < -0.39 is 0 Å². The van der Waals surface area contributed by atoms with Crippen LogP contribution in [0.4, 0.5) is 0 Å². The highest BCUT2D eigenvalue weighted by molar-refractivity contribution is 5.27. The SMILES string of the molecule is CCCCCCCCCc1ccc(OC(C)OCCOCCOCC)cc1. The molecule has 1 aromatic rings. The van der Waals surface area contributed by atoms with Gasteiger partial charge in [0.15, 0.2) is 6.29 Å². The minimum atomic E-state index is -0.283. The summed E-state index contributed by atoms with van der Waals surface area (Å²) in [7, 11) is 0. The third kappa shape index (κ3) is 13.7. The highest BCUT2D eigenvalue weighted by atomic mass is 16.7. The molecule has 1 aromatic carbocycles. The van der Waals surface area contributed by atoms with Gasteiger partial charge < -0.3 is 18.9 Å². The molecule has 0 N–H and O–H groups in total. The van der Waals surface area contributed by atoms with Crippen molar-refractivity contribution >= 4 is 0 Å². The van der Waals surface area contributed by atoms with Crippen LogP contribution in [0, 0.1) is 0 Å². The Morgan fingerprint density at radius 3 is 2.07 bits per heavy atom. The van der Waals surface area contributed by atoms with Crippen LogP contribution in [-0.4, -0.2) is 39.3 Å². The highest BCUT2D eigenvalue weighted by Gasteiger charge is 2.04. The van der Waals surface area contributed by atoms with Gasteiger partial charge in [0.2, 0.25) is 0 Å². The monoisotopic (exact) mass is 380 g/mol. The fourth-order valence-electron chi connectivity index (χ4n) is 2.88. The lowest BCUT2D eigenvalue weighted by Crippen LogP contribution is -2.19. The summed E-state index contributed by atoms with van der Waals surface area (Å²) in [4.78, 5) is 0. The first-order valence-corrected chi connectivity index (χ1v) is 10.8. The van der Waals surface area contributed by atoms with E-state index in [0.29, 0.717) is 26.4 Å². The number of ether oxygens (including phenoxy) is 4. The molecule has 0 aliphatic heterocycles. The van der Waals surface area contributed by atoms with E-state index in [1.165, 1.54) is 50.5 Å². The summed E-state index contributed by atoms with van der Waals surface area (Å²) in [6, 6.07) is 8.40. The molecule has 0 aromatic heterocycles. The van der Waals surface area contributed by atoms with Crippen molar-refractivity contribution in [3.05, 3.63) is 29.8 Å². The Hall–Kier alpha value is -1.10. The molecule has 0 saturated heterocycles. The predicted octanol–water partition coefficient (Wildman–Crippen LogP) is 5.77. The molecule has 1 rings (SSSR count). The smallest absolute Gasteiger partial charge is 0.197 e. The van der Waals surface area contributed by atoms with Gasteiger partial charge in [-0.3, -0.25) is 0 Å². The Morgan fingerprint density at radius 2 is 1.37 bits per heavy atom. The average Bonchev–Trinajstić information content (AvgIpc) is 2.68. The standard InChI is InChI=1S/C23H40O4/c1-4-6-7-8-9-10-11-12-22-13-15-23(16-14-22)27-21(3)26-20-19-25-18-17-24-5-2/h13-16,21H,4-12,17-20H2,1-3H3. The topological polar surface area (TPSA) is 36.9 Å². The van der Waals surface area contributed by atoms with E-state index in [0.717, 1.165) is 18.8 Å². The van der Waals surface area contributed by atoms with E-state index in [-0.39, 0.29) is 6.29 Å². The number of rotatable bonds is 18. The lowest BCUT2D eigenvalue weighted by molar-refractivity contribution is -0.0859. The maximum Gasteiger partial charge on any atom is 0.197 e. The lowest BCUT2D eigenvalue weighted by atomic mass is 10.0. The number of hydrogen-bond donors (Lipinski definition) is 0. The fourth-order valence-corrected chi connectivity index (χ4v) is 2.88. The molecule has 4 nitrogen and oxygen atoms in total. The van der Waals surface area contributed by atoms with Gasteiger partial charge in [-0.25, -0.2) is 0 Å². The number of aryl methyl sites for hydroxylation is 1. The minimum absolute atomic E-state index is 0.283. The van der Waals surface area contributed by atoms with Crippen molar-refractivity contribution in [2.24, 2.45) is 0 Å². The van der Waals surface area contributed by atoms with Crippen LogP contribution in [-0.2, 0) is 20.6 Å². The van der Waals surface area contributed by atoms with Gasteiger partial charge in [-0.05, 0) is 44.4 Å². The van der Waals surface area contributed by atoms with E-state index in [4.69, 9.17) is 18.9 Å². The van der Waals surface area contributed by atoms with E-state index in [1.54, 1.807) is 0 Å². The summed E-state index contributed by atoms with van der Waals surface area (Å²) in [6.07, 6.45) is 10.3. The Morgan fingerprint density at radius 1 is 0.741 bits per heavy atom. The Bertz CT molecular complexity index is 433. The molecule has 0 fully saturated rings. The third-order valence-electron chi connectivity index (χ3n) is 4.45. The molecule has 0 spiro atoms. The summed E-state index contributed by atoms with van der Waals surface area (Å²) < 4.78 is 22.0. The summed E-state index contributed by atoms with van der Waals surface area (Å²) in [5, 5.41) is 0. The van der Waals surface area contributed by atoms with Crippen molar-refractivity contribution in [2.45, 2.75) is 78.4 Å². The molecule has 0 aliphatic carbocycles. The Balaban J connectivity index is 2.07. The fraction of sp³-hybridized carbons (Fsp3) is 0.739. The number of unbranched alkanes of at least 4 members (excludes halogenated alkanes) is 6. The highest BCUT2D eigenvalue weighted by Crippen LogP contribution is 2.16. The van der Waals surface area contributed by atoms with E-state index >= 15 is 0 Å². The van der Waals surface area contributed by atoms with Crippen LogP contribution in [0.25, 0.3) is 0 Å². The molecule has 156 valence electrons. The van der Waals surface area contributed by atoms with Gasteiger partial charge in [0.05, 0.1) is 26.4 Å². The second-order valence-electron chi connectivity index (χ2n) is 6.88. The van der Waals surface area contributed by atoms with Gasteiger partial charge in [-0.1, -0.05) is 57.6 Å². The van der Waals surface area contributed by atoms with Crippen LogP contribution in [0.3, 0.4) is 0 Å². The molecule has 1 atom stereocenters. The summed E-state index contributed by atoms with van der Waals surface area (Å²) in [6.45, 7) is 9.18. The molecule has 0 aliphatic rings. The van der Waals surface area contributed by atoms with Gasteiger partial charge in [0.25, 0.3) is 0 Å². The third-order valence-corrected chi connectivity index (χ3v) is 4.45. The average molecular weight is 381 g/mol. The van der Waals surface area contributed by atoms with Crippen molar-refractivity contribution < 1.29 is 18.9 Å². The quantitative estimate of drug-likeness (QED) is 0.239. The molecule has 27 heavy (non-hydrogen) atoms. The van der Waals surface area contributed by atoms with Gasteiger partial charge in [-0.2, -0.15) is 0 Å². The Labute approximate surface area is 166 Å². The molecule has 0 heterocycles. The largest absolute Gasteiger partial charge is 0.465 e. The van der Waals surface area contributed by atoms with E-state index in [1.807, 2.05) is 26.0 Å².